The van der Waals surface area contributed by atoms with Crippen LogP contribution in [0.25, 0.3) is 0 Å². The molecule has 3 rings (SSSR count). The Bertz CT molecular complexity index is 570. The van der Waals surface area contributed by atoms with Gasteiger partial charge < -0.3 is 9.80 Å². The standard InChI is InChI=1S/C18H24N2O2/c1-13-8-14(2)10-16(9-13)20-12-15(11-17(20)21)18(22)19-6-4-3-5-7-19/h8-10,15H,3-7,11-12H2,1-2H3/t15-/m0/s1. The summed E-state index contributed by atoms with van der Waals surface area (Å²) in [5.74, 6) is 0.0618. The van der Waals surface area contributed by atoms with Gasteiger partial charge in [-0.05, 0) is 56.4 Å². The Morgan fingerprint density at radius 3 is 2.32 bits per heavy atom. The van der Waals surface area contributed by atoms with E-state index >= 15 is 0 Å². The molecular weight excluding hydrogens is 276 g/mol. The molecule has 0 aromatic heterocycles. The molecule has 0 spiro atoms. The smallest absolute Gasteiger partial charge is 0.228 e. The number of amides is 2. The van der Waals surface area contributed by atoms with E-state index in [-0.39, 0.29) is 17.7 Å². The molecule has 1 aromatic rings. The van der Waals surface area contributed by atoms with E-state index in [1.807, 2.05) is 30.9 Å². The Morgan fingerprint density at radius 2 is 1.68 bits per heavy atom. The van der Waals surface area contributed by atoms with Crippen molar-refractivity contribution in [2.24, 2.45) is 5.92 Å². The Hall–Kier alpha value is -1.84. The molecule has 2 aliphatic rings. The van der Waals surface area contributed by atoms with Crippen molar-refractivity contribution in [1.82, 2.24) is 4.90 Å². The third-order valence-corrected chi connectivity index (χ3v) is 4.66. The van der Waals surface area contributed by atoms with Crippen LogP contribution in [0.3, 0.4) is 0 Å². The number of carbonyl (C=O) groups is 2. The van der Waals surface area contributed by atoms with Crippen molar-refractivity contribution in [1.29, 1.82) is 0 Å². The fourth-order valence-corrected chi connectivity index (χ4v) is 3.60. The predicted octanol–water partition coefficient (Wildman–Crippen LogP) is 2.67. The highest BCUT2D eigenvalue weighted by atomic mass is 16.2. The van der Waals surface area contributed by atoms with Crippen LogP contribution in [0.15, 0.2) is 18.2 Å². The van der Waals surface area contributed by atoms with Gasteiger partial charge in [-0.3, -0.25) is 9.59 Å². The van der Waals surface area contributed by atoms with Crippen LogP contribution >= 0.6 is 0 Å². The van der Waals surface area contributed by atoms with Crippen LogP contribution in [0, 0.1) is 19.8 Å². The van der Waals surface area contributed by atoms with E-state index in [9.17, 15) is 9.59 Å². The van der Waals surface area contributed by atoms with Crippen LogP contribution in [0.1, 0.15) is 36.8 Å². The third kappa shape index (κ3) is 3.01. The summed E-state index contributed by atoms with van der Waals surface area (Å²) in [5.41, 5.74) is 3.22. The van der Waals surface area contributed by atoms with Crippen LogP contribution in [0.5, 0.6) is 0 Å². The fraction of sp³-hybridized carbons (Fsp3) is 0.556. The molecule has 0 unspecified atom stereocenters. The number of likely N-dealkylation sites (tertiary alicyclic amines) is 1. The number of piperidine rings is 1. The first-order chi connectivity index (χ1) is 10.5. The highest BCUT2D eigenvalue weighted by Crippen LogP contribution is 2.28. The summed E-state index contributed by atoms with van der Waals surface area (Å²) in [5, 5.41) is 0. The quantitative estimate of drug-likeness (QED) is 0.842. The molecule has 0 saturated carbocycles. The lowest BCUT2D eigenvalue weighted by Gasteiger charge is -2.29. The molecule has 22 heavy (non-hydrogen) atoms. The van der Waals surface area contributed by atoms with E-state index in [4.69, 9.17) is 0 Å². The van der Waals surface area contributed by atoms with Gasteiger partial charge >= 0.3 is 0 Å². The second-order valence-corrected chi connectivity index (χ2v) is 6.64. The first-order valence-electron chi connectivity index (χ1n) is 8.22. The third-order valence-electron chi connectivity index (χ3n) is 4.66. The molecule has 2 amide bonds. The molecule has 2 saturated heterocycles. The van der Waals surface area contributed by atoms with Crippen LogP contribution in [-0.2, 0) is 9.59 Å². The Balaban J connectivity index is 1.73. The van der Waals surface area contributed by atoms with E-state index < -0.39 is 0 Å². The van der Waals surface area contributed by atoms with Gasteiger partial charge in [0.2, 0.25) is 11.8 Å². The number of rotatable bonds is 2. The van der Waals surface area contributed by atoms with Crippen molar-refractivity contribution in [3.8, 4) is 0 Å². The summed E-state index contributed by atoms with van der Waals surface area (Å²) in [7, 11) is 0. The van der Waals surface area contributed by atoms with Crippen LogP contribution < -0.4 is 4.90 Å². The second kappa shape index (κ2) is 6.11. The highest BCUT2D eigenvalue weighted by Gasteiger charge is 2.37. The molecular formula is C18H24N2O2. The van der Waals surface area contributed by atoms with Crippen LogP contribution in [-0.4, -0.2) is 36.3 Å². The molecule has 1 atom stereocenters. The maximum atomic E-state index is 12.6. The summed E-state index contributed by atoms with van der Waals surface area (Å²) in [6.07, 6.45) is 3.74. The molecule has 0 aliphatic carbocycles. The van der Waals surface area contributed by atoms with E-state index in [2.05, 4.69) is 6.07 Å². The van der Waals surface area contributed by atoms with E-state index in [1.54, 1.807) is 4.90 Å². The zero-order chi connectivity index (χ0) is 15.7. The molecule has 4 heteroatoms. The van der Waals surface area contributed by atoms with Crippen molar-refractivity contribution in [2.75, 3.05) is 24.5 Å². The average molecular weight is 300 g/mol. The number of aryl methyl sites for hydroxylation is 2. The summed E-state index contributed by atoms with van der Waals surface area (Å²) >= 11 is 0. The zero-order valence-corrected chi connectivity index (χ0v) is 13.5. The number of benzene rings is 1. The second-order valence-electron chi connectivity index (χ2n) is 6.64. The predicted molar refractivity (Wildman–Crippen MR) is 86.8 cm³/mol. The Morgan fingerprint density at radius 1 is 1.05 bits per heavy atom. The van der Waals surface area contributed by atoms with Crippen molar-refractivity contribution in [2.45, 2.75) is 39.5 Å². The molecule has 0 bridgehead atoms. The van der Waals surface area contributed by atoms with Gasteiger partial charge in [-0.25, -0.2) is 0 Å². The van der Waals surface area contributed by atoms with Crippen molar-refractivity contribution >= 4 is 17.5 Å². The number of carbonyl (C=O) groups excluding carboxylic acids is 2. The van der Waals surface area contributed by atoms with Crippen LogP contribution in [0.4, 0.5) is 5.69 Å². The van der Waals surface area contributed by atoms with Gasteiger partial charge in [0.15, 0.2) is 0 Å². The first-order valence-corrected chi connectivity index (χ1v) is 8.22. The Kier molecular flexibility index (Phi) is 4.19. The largest absolute Gasteiger partial charge is 0.342 e. The van der Waals surface area contributed by atoms with Crippen molar-refractivity contribution < 1.29 is 9.59 Å². The van der Waals surface area contributed by atoms with E-state index in [0.29, 0.717) is 13.0 Å². The molecule has 1 aromatic carbocycles. The molecule has 118 valence electrons. The van der Waals surface area contributed by atoms with Gasteiger partial charge in [0.1, 0.15) is 0 Å². The minimum Gasteiger partial charge on any atom is -0.342 e. The molecule has 2 fully saturated rings. The lowest BCUT2D eigenvalue weighted by Crippen LogP contribution is -2.40. The van der Waals surface area contributed by atoms with Gasteiger partial charge in [-0.15, -0.1) is 0 Å². The summed E-state index contributed by atoms with van der Waals surface area (Å²) in [6.45, 7) is 6.30. The van der Waals surface area contributed by atoms with E-state index in [1.165, 1.54) is 6.42 Å². The highest BCUT2D eigenvalue weighted by molar-refractivity contribution is 6.00. The maximum absolute atomic E-state index is 12.6. The number of nitrogens with zero attached hydrogens (tertiary/aromatic N) is 2. The topological polar surface area (TPSA) is 40.6 Å². The van der Waals surface area contributed by atoms with E-state index in [0.717, 1.165) is 42.7 Å². The first kappa shape index (κ1) is 15.1. The van der Waals surface area contributed by atoms with Gasteiger partial charge in [0.25, 0.3) is 0 Å². The van der Waals surface area contributed by atoms with Gasteiger partial charge in [0, 0.05) is 31.7 Å². The number of hydrogen-bond acceptors (Lipinski definition) is 2. The van der Waals surface area contributed by atoms with Crippen molar-refractivity contribution in [3.63, 3.8) is 0 Å². The minimum atomic E-state index is -0.175. The maximum Gasteiger partial charge on any atom is 0.228 e. The Labute approximate surface area is 132 Å². The van der Waals surface area contributed by atoms with Crippen molar-refractivity contribution in [3.05, 3.63) is 29.3 Å². The normalized spacial score (nSPS) is 22.3. The fourth-order valence-electron chi connectivity index (χ4n) is 3.60. The molecule has 0 N–H and O–H groups in total. The average Bonchev–Trinajstić information content (AvgIpc) is 2.88. The molecule has 0 radical (unpaired) electrons. The lowest BCUT2D eigenvalue weighted by atomic mass is 10.0. The van der Waals surface area contributed by atoms with Gasteiger partial charge in [0.05, 0.1) is 5.92 Å². The SMILES string of the molecule is Cc1cc(C)cc(N2C[C@@H](C(=O)N3CCCCC3)CC2=O)c1. The molecule has 2 aliphatic heterocycles. The number of hydrogen-bond donors (Lipinski definition) is 0. The molecule has 2 heterocycles. The lowest BCUT2D eigenvalue weighted by molar-refractivity contribution is -0.136. The summed E-state index contributed by atoms with van der Waals surface area (Å²) in [6, 6.07) is 6.15. The number of anilines is 1. The summed E-state index contributed by atoms with van der Waals surface area (Å²) < 4.78 is 0. The summed E-state index contributed by atoms with van der Waals surface area (Å²) in [4.78, 5) is 28.7. The van der Waals surface area contributed by atoms with Gasteiger partial charge in [-0.1, -0.05) is 6.07 Å². The van der Waals surface area contributed by atoms with Gasteiger partial charge in [-0.2, -0.15) is 0 Å². The molecule has 4 nitrogen and oxygen atoms in total. The monoisotopic (exact) mass is 300 g/mol. The minimum absolute atomic E-state index is 0.0698. The van der Waals surface area contributed by atoms with Crippen LogP contribution in [0.2, 0.25) is 0 Å². The zero-order valence-electron chi connectivity index (χ0n) is 13.5.